The number of piperidine rings is 1. The van der Waals surface area contributed by atoms with Crippen LogP contribution in [0.3, 0.4) is 0 Å². The Morgan fingerprint density at radius 3 is 2.47 bits per heavy atom. The highest BCUT2D eigenvalue weighted by atomic mass is 16.5. The van der Waals surface area contributed by atoms with Crippen molar-refractivity contribution in [2.45, 2.75) is 39.3 Å². The van der Waals surface area contributed by atoms with Crippen molar-refractivity contribution in [3.63, 3.8) is 0 Å². The van der Waals surface area contributed by atoms with Crippen LogP contribution in [-0.2, 0) is 17.9 Å². The minimum absolute atomic E-state index is 0.0459. The summed E-state index contributed by atoms with van der Waals surface area (Å²) in [7, 11) is 1.60. The Morgan fingerprint density at radius 2 is 1.77 bits per heavy atom. The molecule has 3 rings (SSSR count). The number of nitrogens with one attached hydrogen (secondary N) is 2. The number of hydrogen-bond donors (Lipinski definition) is 2. The molecular weight excluding hydrogens is 376 g/mol. The smallest absolute Gasteiger partial charge is 0.258 e. The van der Waals surface area contributed by atoms with Crippen LogP contribution in [0.25, 0.3) is 6.08 Å². The molecule has 1 aliphatic heterocycles. The molecule has 160 valence electrons. The summed E-state index contributed by atoms with van der Waals surface area (Å²) >= 11 is 0. The number of benzene rings is 2. The van der Waals surface area contributed by atoms with Crippen LogP contribution in [0.4, 0.5) is 0 Å². The van der Waals surface area contributed by atoms with Gasteiger partial charge in [0.05, 0.1) is 20.2 Å². The van der Waals surface area contributed by atoms with Crippen LogP contribution in [0.1, 0.15) is 42.9 Å². The van der Waals surface area contributed by atoms with E-state index in [-0.39, 0.29) is 12.5 Å². The summed E-state index contributed by atoms with van der Waals surface area (Å²) in [6.45, 7) is 6.06. The lowest BCUT2D eigenvalue weighted by atomic mass is 10.1. The van der Waals surface area contributed by atoms with E-state index >= 15 is 0 Å². The van der Waals surface area contributed by atoms with Gasteiger partial charge in [-0.25, -0.2) is 0 Å². The van der Waals surface area contributed by atoms with Crippen molar-refractivity contribution in [2.24, 2.45) is 0 Å². The first-order valence-corrected chi connectivity index (χ1v) is 10.8. The molecule has 0 saturated carbocycles. The molecule has 1 aliphatic rings. The van der Waals surface area contributed by atoms with Crippen molar-refractivity contribution >= 4 is 12.0 Å². The SMILES string of the molecule is C/C=C/c1ccc(OCC(=O)NCc2ccc(C[NH+]3CCCCC3)cc2)c(OC)c1. The lowest BCUT2D eigenvalue weighted by Crippen LogP contribution is -3.11. The van der Waals surface area contributed by atoms with Crippen LogP contribution in [0.2, 0.25) is 0 Å². The fourth-order valence-electron chi connectivity index (χ4n) is 3.79. The van der Waals surface area contributed by atoms with Gasteiger partial charge in [-0.1, -0.05) is 42.5 Å². The van der Waals surface area contributed by atoms with Crippen LogP contribution < -0.4 is 19.7 Å². The van der Waals surface area contributed by atoms with Gasteiger partial charge >= 0.3 is 0 Å². The highest BCUT2D eigenvalue weighted by Crippen LogP contribution is 2.28. The standard InChI is InChI=1S/C25H32N2O3/c1-3-7-20-12-13-23(24(16-20)29-2)30-19-25(28)26-17-21-8-10-22(11-9-21)18-27-14-5-4-6-15-27/h3,7-13,16H,4-6,14-15,17-19H2,1-2H3,(H,26,28)/p+1/b7-3+. The van der Waals surface area contributed by atoms with E-state index in [1.165, 1.54) is 37.9 Å². The Bertz CT molecular complexity index is 840. The Kier molecular flexibility index (Phi) is 8.33. The Morgan fingerprint density at radius 1 is 1.03 bits per heavy atom. The Hall–Kier alpha value is -2.79. The monoisotopic (exact) mass is 409 g/mol. The fraction of sp³-hybridized carbons (Fsp3) is 0.400. The molecule has 0 aromatic heterocycles. The molecule has 0 spiro atoms. The third kappa shape index (κ3) is 6.63. The summed E-state index contributed by atoms with van der Waals surface area (Å²) in [6, 6.07) is 14.2. The van der Waals surface area contributed by atoms with Crippen LogP contribution in [0.15, 0.2) is 48.5 Å². The number of rotatable bonds is 9. The molecule has 2 aromatic carbocycles. The Labute approximate surface area is 179 Å². The second-order valence-electron chi connectivity index (χ2n) is 7.78. The van der Waals surface area contributed by atoms with E-state index in [0.29, 0.717) is 18.0 Å². The lowest BCUT2D eigenvalue weighted by Gasteiger charge is -2.23. The second kappa shape index (κ2) is 11.4. The number of hydrogen-bond acceptors (Lipinski definition) is 3. The summed E-state index contributed by atoms with van der Waals surface area (Å²) in [4.78, 5) is 13.9. The number of ether oxygens (including phenoxy) is 2. The first kappa shape index (κ1) is 21.9. The zero-order chi connectivity index (χ0) is 21.2. The van der Waals surface area contributed by atoms with E-state index in [4.69, 9.17) is 9.47 Å². The van der Waals surface area contributed by atoms with Gasteiger partial charge in [-0.3, -0.25) is 4.79 Å². The van der Waals surface area contributed by atoms with E-state index < -0.39 is 0 Å². The maximum Gasteiger partial charge on any atom is 0.258 e. The second-order valence-corrected chi connectivity index (χ2v) is 7.78. The molecule has 2 aromatic rings. The van der Waals surface area contributed by atoms with Crippen molar-refractivity contribution in [3.05, 3.63) is 65.2 Å². The first-order valence-electron chi connectivity index (χ1n) is 10.8. The van der Waals surface area contributed by atoms with Crippen LogP contribution in [0.5, 0.6) is 11.5 Å². The van der Waals surface area contributed by atoms with Gasteiger partial charge in [-0.2, -0.15) is 0 Å². The number of quaternary nitrogens is 1. The van der Waals surface area contributed by atoms with E-state index in [0.717, 1.165) is 17.7 Å². The van der Waals surface area contributed by atoms with Gasteiger partial charge in [0.2, 0.25) is 0 Å². The zero-order valence-electron chi connectivity index (χ0n) is 18.1. The number of allylic oxidation sites excluding steroid dienone is 1. The topological polar surface area (TPSA) is 52.0 Å². The molecule has 0 bridgehead atoms. The van der Waals surface area contributed by atoms with Gasteiger partial charge in [-0.05, 0) is 49.4 Å². The van der Waals surface area contributed by atoms with Crippen molar-refractivity contribution in [2.75, 3.05) is 26.8 Å². The number of amides is 1. The quantitative estimate of drug-likeness (QED) is 0.670. The lowest BCUT2D eigenvalue weighted by molar-refractivity contribution is -0.918. The van der Waals surface area contributed by atoms with Crippen molar-refractivity contribution in [3.8, 4) is 11.5 Å². The first-order chi connectivity index (χ1) is 14.7. The summed E-state index contributed by atoms with van der Waals surface area (Å²) in [5, 5.41) is 2.92. The molecule has 0 unspecified atom stereocenters. The number of carbonyl (C=O) groups is 1. The van der Waals surface area contributed by atoms with Gasteiger partial charge in [0, 0.05) is 12.1 Å². The Balaban J connectivity index is 1.44. The minimum atomic E-state index is -0.156. The maximum absolute atomic E-state index is 12.2. The molecule has 30 heavy (non-hydrogen) atoms. The number of likely N-dealkylation sites (tertiary alicyclic amines) is 1. The van der Waals surface area contributed by atoms with E-state index in [9.17, 15) is 4.79 Å². The molecule has 0 atom stereocenters. The zero-order valence-corrected chi connectivity index (χ0v) is 18.1. The normalized spacial score (nSPS) is 14.6. The molecule has 1 heterocycles. The summed E-state index contributed by atoms with van der Waals surface area (Å²) in [5.74, 6) is 1.02. The molecule has 2 N–H and O–H groups in total. The van der Waals surface area contributed by atoms with Crippen molar-refractivity contribution in [1.82, 2.24) is 5.32 Å². The van der Waals surface area contributed by atoms with Gasteiger partial charge in [0.25, 0.3) is 5.91 Å². The van der Waals surface area contributed by atoms with E-state index in [1.54, 1.807) is 12.0 Å². The fourth-order valence-corrected chi connectivity index (χ4v) is 3.79. The maximum atomic E-state index is 12.2. The molecule has 0 aliphatic carbocycles. The molecular formula is C25H33N2O3+. The van der Waals surface area contributed by atoms with Crippen LogP contribution >= 0.6 is 0 Å². The van der Waals surface area contributed by atoms with Gasteiger partial charge in [-0.15, -0.1) is 0 Å². The molecule has 1 saturated heterocycles. The highest BCUT2D eigenvalue weighted by molar-refractivity contribution is 5.77. The summed E-state index contributed by atoms with van der Waals surface area (Å²) in [5.41, 5.74) is 3.48. The van der Waals surface area contributed by atoms with Crippen molar-refractivity contribution in [1.29, 1.82) is 0 Å². The predicted octanol–water partition coefficient (Wildman–Crippen LogP) is 2.99. The molecule has 5 heteroatoms. The average Bonchev–Trinajstić information content (AvgIpc) is 2.78. The third-order valence-corrected chi connectivity index (χ3v) is 5.43. The highest BCUT2D eigenvalue weighted by Gasteiger charge is 2.13. The molecule has 5 nitrogen and oxygen atoms in total. The van der Waals surface area contributed by atoms with Gasteiger partial charge in [0.15, 0.2) is 18.1 Å². The average molecular weight is 410 g/mol. The number of methoxy groups -OCH3 is 1. The van der Waals surface area contributed by atoms with Crippen molar-refractivity contribution < 1.29 is 19.2 Å². The van der Waals surface area contributed by atoms with E-state index in [2.05, 4.69) is 29.6 Å². The summed E-state index contributed by atoms with van der Waals surface area (Å²) in [6.07, 6.45) is 8.00. The van der Waals surface area contributed by atoms with Gasteiger partial charge < -0.3 is 19.7 Å². The minimum Gasteiger partial charge on any atom is -0.493 e. The van der Waals surface area contributed by atoms with Gasteiger partial charge in [0.1, 0.15) is 6.54 Å². The largest absolute Gasteiger partial charge is 0.493 e. The third-order valence-electron chi connectivity index (χ3n) is 5.43. The molecule has 1 amide bonds. The van der Waals surface area contributed by atoms with E-state index in [1.807, 2.05) is 37.3 Å². The predicted molar refractivity (Wildman–Crippen MR) is 120 cm³/mol. The van der Waals surface area contributed by atoms with Crippen LogP contribution in [0, 0.1) is 0 Å². The molecule has 1 fully saturated rings. The van der Waals surface area contributed by atoms with Crippen LogP contribution in [-0.4, -0.2) is 32.7 Å². The number of carbonyl (C=O) groups excluding carboxylic acids is 1. The molecule has 0 radical (unpaired) electrons. The summed E-state index contributed by atoms with van der Waals surface area (Å²) < 4.78 is 11.0.